The molecule has 1 aliphatic rings. The summed E-state index contributed by atoms with van der Waals surface area (Å²) in [6.45, 7) is 0. The third-order valence-electron chi connectivity index (χ3n) is 3.91. The topological polar surface area (TPSA) is 53.1 Å². The summed E-state index contributed by atoms with van der Waals surface area (Å²) in [5, 5.41) is 10.3. The molecule has 1 atom stereocenters. The van der Waals surface area contributed by atoms with E-state index in [1.807, 2.05) is 12.1 Å². The summed E-state index contributed by atoms with van der Waals surface area (Å²) in [7, 11) is 0. The summed E-state index contributed by atoms with van der Waals surface area (Å²) in [6.07, 6.45) is 4.56. The molecule has 0 saturated heterocycles. The number of fused-ring (bicyclic) bond motifs is 3. The third kappa shape index (κ3) is 1.90. The van der Waals surface area contributed by atoms with Gasteiger partial charge < -0.3 is 10.1 Å². The molecule has 3 rings (SSSR count). The monoisotopic (exact) mass is 243 g/mol. The quantitative estimate of drug-likeness (QED) is 0.794. The maximum absolute atomic E-state index is 11.0. The molecule has 1 unspecified atom stereocenters. The van der Waals surface area contributed by atoms with Crippen LogP contribution in [0.1, 0.15) is 42.9 Å². The first-order valence-electron chi connectivity index (χ1n) is 6.57. The number of H-pyrrole nitrogens is 1. The van der Waals surface area contributed by atoms with E-state index in [1.54, 1.807) is 0 Å². The Balaban J connectivity index is 2.11. The molecule has 0 amide bonds. The first-order valence-corrected chi connectivity index (χ1v) is 6.57. The van der Waals surface area contributed by atoms with Crippen LogP contribution >= 0.6 is 0 Å². The molecule has 0 radical (unpaired) electrons. The average molecular weight is 243 g/mol. The second-order valence-electron chi connectivity index (χ2n) is 5.10. The molecular formula is C15H17NO2. The van der Waals surface area contributed by atoms with E-state index in [2.05, 4.69) is 17.1 Å². The van der Waals surface area contributed by atoms with E-state index >= 15 is 0 Å². The van der Waals surface area contributed by atoms with Gasteiger partial charge in [0.15, 0.2) is 0 Å². The smallest absolute Gasteiger partial charge is 0.304 e. The van der Waals surface area contributed by atoms with Gasteiger partial charge in [0.1, 0.15) is 0 Å². The second kappa shape index (κ2) is 4.48. The van der Waals surface area contributed by atoms with Gasteiger partial charge >= 0.3 is 5.97 Å². The molecule has 3 heteroatoms. The lowest BCUT2D eigenvalue weighted by Crippen LogP contribution is -2.07. The van der Waals surface area contributed by atoms with Crippen LogP contribution < -0.4 is 0 Å². The summed E-state index contributed by atoms with van der Waals surface area (Å²) >= 11 is 0. The molecule has 18 heavy (non-hydrogen) atoms. The molecule has 1 aliphatic carbocycles. The zero-order chi connectivity index (χ0) is 12.5. The first kappa shape index (κ1) is 11.3. The van der Waals surface area contributed by atoms with Gasteiger partial charge in [-0.2, -0.15) is 0 Å². The zero-order valence-corrected chi connectivity index (χ0v) is 10.3. The molecule has 0 saturated carbocycles. The van der Waals surface area contributed by atoms with Crippen molar-refractivity contribution in [2.45, 2.75) is 38.0 Å². The number of aliphatic carboxylic acids is 1. The van der Waals surface area contributed by atoms with Crippen molar-refractivity contribution < 1.29 is 9.90 Å². The van der Waals surface area contributed by atoms with Gasteiger partial charge in [0.05, 0.1) is 6.42 Å². The van der Waals surface area contributed by atoms with Crippen LogP contribution in [-0.2, 0) is 11.2 Å². The lowest BCUT2D eigenvalue weighted by molar-refractivity contribution is -0.137. The number of aromatic amines is 1. The average Bonchev–Trinajstić information content (AvgIpc) is 2.61. The lowest BCUT2D eigenvalue weighted by Gasteiger charge is -2.11. The van der Waals surface area contributed by atoms with Crippen molar-refractivity contribution in [2.24, 2.45) is 0 Å². The fourth-order valence-electron chi connectivity index (χ4n) is 3.09. The molecule has 0 bridgehead atoms. The van der Waals surface area contributed by atoms with Crippen molar-refractivity contribution in [1.29, 1.82) is 0 Å². The van der Waals surface area contributed by atoms with Gasteiger partial charge in [0, 0.05) is 22.5 Å². The van der Waals surface area contributed by atoms with Crippen LogP contribution in [0.5, 0.6) is 0 Å². The van der Waals surface area contributed by atoms with Gasteiger partial charge in [-0.1, -0.05) is 24.6 Å². The fraction of sp³-hybridized carbons (Fsp3) is 0.400. The number of carboxylic acids is 1. The number of carboxylic acid groups (broad SMARTS) is 1. The maximum Gasteiger partial charge on any atom is 0.304 e. The van der Waals surface area contributed by atoms with E-state index in [-0.39, 0.29) is 12.3 Å². The highest BCUT2D eigenvalue weighted by molar-refractivity contribution is 5.85. The highest BCUT2D eigenvalue weighted by atomic mass is 16.4. The third-order valence-corrected chi connectivity index (χ3v) is 3.91. The molecule has 2 N–H and O–H groups in total. The Morgan fingerprint density at radius 3 is 3.00 bits per heavy atom. The molecule has 1 aromatic carbocycles. The Morgan fingerprint density at radius 1 is 1.33 bits per heavy atom. The highest BCUT2D eigenvalue weighted by Crippen LogP contribution is 2.36. The number of carbonyl (C=O) groups is 1. The van der Waals surface area contributed by atoms with Crippen molar-refractivity contribution in [3.05, 3.63) is 35.5 Å². The standard InChI is InChI=1S/C15H17NO2/c17-14(18)9-10-5-1-2-7-12-11-6-3-4-8-13(11)16-15(10)12/h3-4,6,8,10,16H,1-2,5,7,9H2,(H,17,18). The summed E-state index contributed by atoms with van der Waals surface area (Å²) in [5.74, 6) is -0.557. The van der Waals surface area contributed by atoms with E-state index in [0.29, 0.717) is 0 Å². The lowest BCUT2D eigenvalue weighted by atomic mass is 9.95. The molecule has 2 aromatic rings. The predicted molar refractivity (Wildman–Crippen MR) is 70.8 cm³/mol. The molecular weight excluding hydrogens is 226 g/mol. The fourth-order valence-corrected chi connectivity index (χ4v) is 3.09. The summed E-state index contributed by atoms with van der Waals surface area (Å²) < 4.78 is 0. The van der Waals surface area contributed by atoms with Crippen molar-refractivity contribution in [3.8, 4) is 0 Å². The van der Waals surface area contributed by atoms with Crippen molar-refractivity contribution in [3.63, 3.8) is 0 Å². The van der Waals surface area contributed by atoms with Crippen molar-refractivity contribution in [2.75, 3.05) is 0 Å². The Bertz CT molecular complexity index is 585. The van der Waals surface area contributed by atoms with Gasteiger partial charge in [0.25, 0.3) is 0 Å². The summed E-state index contributed by atoms with van der Waals surface area (Å²) in [4.78, 5) is 14.4. The van der Waals surface area contributed by atoms with Crippen molar-refractivity contribution >= 4 is 16.9 Å². The Labute approximate surface area is 106 Å². The van der Waals surface area contributed by atoms with Gasteiger partial charge in [-0.05, 0) is 30.9 Å². The van der Waals surface area contributed by atoms with Crippen LogP contribution in [0.4, 0.5) is 0 Å². The predicted octanol–water partition coefficient (Wildman–Crippen LogP) is 3.45. The van der Waals surface area contributed by atoms with E-state index < -0.39 is 5.97 Å². The van der Waals surface area contributed by atoms with E-state index in [9.17, 15) is 4.79 Å². The molecule has 1 heterocycles. The maximum atomic E-state index is 11.0. The van der Waals surface area contributed by atoms with Gasteiger partial charge in [-0.25, -0.2) is 0 Å². The van der Waals surface area contributed by atoms with Gasteiger partial charge in [-0.3, -0.25) is 4.79 Å². The van der Waals surface area contributed by atoms with E-state index in [0.717, 1.165) is 36.9 Å². The second-order valence-corrected chi connectivity index (χ2v) is 5.10. The number of benzene rings is 1. The van der Waals surface area contributed by atoms with Crippen LogP contribution in [0.2, 0.25) is 0 Å². The Kier molecular flexibility index (Phi) is 2.82. The Hall–Kier alpha value is -1.77. The Morgan fingerprint density at radius 2 is 2.17 bits per heavy atom. The first-order chi connectivity index (χ1) is 8.75. The molecule has 0 aliphatic heterocycles. The van der Waals surface area contributed by atoms with Crippen molar-refractivity contribution in [1.82, 2.24) is 4.98 Å². The van der Waals surface area contributed by atoms with Crippen LogP contribution in [0, 0.1) is 0 Å². The SMILES string of the molecule is O=C(O)CC1CCCCc2c1[nH]c1ccccc21. The zero-order valence-electron chi connectivity index (χ0n) is 10.3. The van der Waals surface area contributed by atoms with Gasteiger partial charge in [-0.15, -0.1) is 0 Å². The van der Waals surface area contributed by atoms with Crippen LogP contribution in [0.15, 0.2) is 24.3 Å². The minimum absolute atomic E-state index is 0.146. The summed E-state index contributed by atoms with van der Waals surface area (Å²) in [5.41, 5.74) is 3.64. The van der Waals surface area contributed by atoms with E-state index in [4.69, 9.17) is 5.11 Å². The molecule has 1 aromatic heterocycles. The minimum Gasteiger partial charge on any atom is -0.481 e. The normalized spacial score (nSPS) is 19.4. The molecule has 94 valence electrons. The number of aromatic nitrogens is 1. The number of para-hydroxylation sites is 1. The largest absolute Gasteiger partial charge is 0.481 e. The van der Waals surface area contributed by atoms with Crippen LogP contribution in [0.25, 0.3) is 10.9 Å². The minimum atomic E-state index is -0.702. The van der Waals surface area contributed by atoms with Gasteiger partial charge in [0.2, 0.25) is 0 Å². The van der Waals surface area contributed by atoms with Crippen LogP contribution in [-0.4, -0.2) is 16.1 Å². The molecule has 3 nitrogen and oxygen atoms in total. The number of rotatable bonds is 2. The summed E-state index contributed by atoms with van der Waals surface area (Å²) in [6, 6.07) is 8.27. The van der Waals surface area contributed by atoms with Crippen LogP contribution in [0.3, 0.4) is 0 Å². The highest BCUT2D eigenvalue weighted by Gasteiger charge is 2.24. The molecule has 0 fully saturated rings. The number of aryl methyl sites for hydroxylation is 1. The number of hydrogen-bond donors (Lipinski definition) is 2. The number of nitrogens with one attached hydrogen (secondary N) is 1. The van der Waals surface area contributed by atoms with E-state index in [1.165, 1.54) is 10.9 Å². The number of hydrogen-bond acceptors (Lipinski definition) is 1. The molecule has 0 spiro atoms.